The lowest BCUT2D eigenvalue weighted by Gasteiger charge is -2.23. The van der Waals surface area contributed by atoms with Gasteiger partial charge in [-0.1, -0.05) is 65.9 Å². The van der Waals surface area contributed by atoms with Crippen LogP contribution in [0.1, 0.15) is 17.2 Å². The highest BCUT2D eigenvalue weighted by Gasteiger charge is 2.32. The molecule has 1 aromatic heterocycles. The summed E-state index contributed by atoms with van der Waals surface area (Å²) in [5.74, 6) is -0.260. The third kappa shape index (κ3) is 7.92. The molecule has 3 aromatic carbocycles. The maximum Gasteiger partial charge on any atom is 0.411 e. The number of halogens is 3. The Balaban J connectivity index is 1.38. The van der Waals surface area contributed by atoms with Crippen LogP contribution in [-0.4, -0.2) is 47.7 Å². The summed E-state index contributed by atoms with van der Waals surface area (Å²) in [4.78, 5) is 25.1. The summed E-state index contributed by atoms with van der Waals surface area (Å²) in [6.07, 6.45) is -6.16. The van der Waals surface area contributed by atoms with Crippen molar-refractivity contribution in [1.29, 1.82) is 0 Å². The van der Waals surface area contributed by atoms with E-state index in [9.17, 15) is 27.9 Å². The Labute approximate surface area is 226 Å². The van der Waals surface area contributed by atoms with Crippen molar-refractivity contribution in [2.75, 3.05) is 19.8 Å². The molecule has 0 spiro atoms. The van der Waals surface area contributed by atoms with Gasteiger partial charge in [-0.3, -0.25) is 14.2 Å². The van der Waals surface area contributed by atoms with Crippen LogP contribution in [0.5, 0.6) is 5.75 Å². The van der Waals surface area contributed by atoms with Gasteiger partial charge in [0.05, 0.1) is 29.4 Å². The highest BCUT2D eigenvalue weighted by Crippen LogP contribution is 2.20. The summed E-state index contributed by atoms with van der Waals surface area (Å²) in [5, 5.41) is 12.3. The van der Waals surface area contributed by atoms with Crippen molar-refractivity contribution in [2.45, 2.75) is 31.3 Å². The minimum Gasteiger partial charge on any atom is -0.492 e. The molecule has 0 aliphatic carbocycles. The number of aliphatic hydroxyl groups excluding tert-OH is 1. The highest BCUT2D eigenvalue weighted by molar-refractivity contribution is 7.16. The van der Waals surface area contributed by atoms with Crippen LogP contribution in [0.25, 0.3) is 10.2 Å². The van der Waals surface area contributed by atoms with Crippen molar-refractivity contribution < 1.29 is 32.5 Å². The number of para-hydroxylation sites is 1. The fourth-order valence-corrected chi connectivity index (χ4v) is 4.94. The topological polar surface area (TPSA) is 89.8 Å². The molecule has 0 saturated carbocycles. The summed E-state index contributed by atoms with van der Waals surface area (Å²) in [6, 6.07) is 21.9. The Morgan fingerprint density at radius 2 is 1.69 bits per heavy atom. The average molecular weight is 561 g/mol. The smallest absolute Gasteiger partial charge is 0.411 e. The van der Waals surface area contributed by atoms with E-state index in [0.717, 1.165) is 10.2 Å². The zero-order chi connectivity index (χ0) is 27.8. The molecule has 0 aliphatic rings. The number of fused-ring (bicyclic) bond motifs is 1. The predicted octanol–water partition coefficient (Wildman–Crippen LogP) is 4.48. The summed E-state index contributed by atoms with van der Waals surface area (Å²) in [5.41, 5.74) is 2.01. The van der Waals surface area contributed by atoms with E-state index in [1.807, 2.05) is 24.3 Å². The first-order valence-electron chi connectivity index (χ1n) is 12.2. The number of thiazole rings is 1. The zero-order valence-corrected chi connectivity index (χ0v) is 21.6. The molecule has 0 bridgehead atoms. The standard InChI is InChI=1S/C28H27F3N2O5S/c29-28(30,31)18-38-24(26(35)32-22(17-34)20-6-2-1-3-7-20)16-19-10-12-21(13-11-19)37-15-14-33-23-8-4-5-9-25(23)39-27(33)36/h1-13,22,24,34H,14-18H2,(H,32,35)/t22-,24+/m1/s1. The van der Waals surface area contributed by atoms with Gasteiger partial charge in [0.25, 0.3) is 0 Å². The number of carbonyl (C=O) groups excluding carboxylic acids is 1. The van der Waals surface area contributed by atoms with Gasteiger partial charge in [-0.2, -0.15) is 13.2 Å². The van der Waals surface area contributed by atoms with Crippen LogP contribution in [0, 0.1) is 0 Å². The molecule has 0 fully saturated rings. The van der Waals surface area contributed by atoms with E-state index in [-0.39, 0.29) is 17.9 Å². The monoisotopic (exact) mass is 560 g/mol. The number of rotatable bonds is 12. The molecule has 39 heavy (non-hydrogen) atoms. The van der Waals surface area contributed by atoms with Crippen molar-refractivity contribution in [2.24, 2.45) is 0 Å². The minimum absolute atomic E-state index is 0.0750. The fraction of sp³-hybridized carbons (Fsp3) is 0.286. The predicted molar refractivity (Wildman–Crippen MR) is 142 cm³/mol. The summed E-state index contributed by atoms with van der Waals surface area (Å²) in [6.45, 7) is -1.42. The van der Waals surface area contributed by atoms with Gasteiger partial charge in [0.15, 0.2) is 0 Å². The molecule has 2 N–H and O–H groups in total. The van der Waals surface area contributed by atoms with Crippen molar-refractivity contribution in [3.05, 3.63) is 99.7 Å². The van der Waals surface area contributed by atoms with E-state index in [2.05, 4.69) is 5.32 Å². The first kappa shape index (κ1) is 28.3. The van der Waals surface area contributed by atoms with E-state index in [1.54, 1.807) is 59.2 Å². The van der Waals surface area contributed by atoms with Crippen LogP contribution in [-0.2, 0) is 22.5 Å². The second kappa shape index (κ2) is 12.9. The Morgan fingerprint density at radius 3 is 2.38 bits per heavy atom. The average Bonchev–Trinajstić information content (AvgIpc) is 3.25. The number of aromatic nitrogens is 1. The molecule has 4 rings (SSSR count). The van der Waals surface area contributed by atoms with Crippen LogP contribution < -0.4 is 14.9 Å². The van der Waals surface area contributed by atoms with E-state index >= 15 is 0 Å². The molecule has 206 valence electrons. The van der Waals surface area contributed by atoms with Crippen LogP contribution in [0.15, 0.2) is 83.7 Å². The lowest BCUT2D eigenvalue weighted by molar-refractivity contribution is -0.187. The molecule has 7 nitrogen and oxygen atoms in total. The Bertz CT molecular complexity index is 1420. The molecule has 2 atom stereocenters. The molecule has 1 heterocycles. The number of hydrogen-bond acceptors (Lipinski definition) is 6. The number of carbonyl (C=O) groups is 1. The molecule has 0 unspecified atom stereocenters. The molecular weight excluding hydrogens is 533 g/mol. The quantitative estimate of drug-likeness (QED) is 0.267. The molecule has 0 saturated heterocycles. The largest absolute Gasteiger partial charge is 0.492 e. The first-order valence-corrected chi connectivity index (χ1v) is 13.0. The summed E-state index contributed by atoms with van der Waals surface area (Å²) in [7, 11) is 0. The minimum atomic E-state index is -4.61. The van der Waals surface area contributed by atoms with Crippen LogP contribution in [0.2, 0.25) is 0 Å². The number of ether oxygens (including phenoxy) is 2. The molecule has 1 amide bonds. The lowest BCUT2D eigenvalue weighted by atomic mass is 10.0. The van der Waals surface area contributed by atoms with Crippen molar-refractivity contribution in [3.63, 3.8) is 0 Å². The van der Waals surface area contributed by atoms with Gasteiger partial charge in [-0.25, -0.2) is 0 Å². The normalized spacial score (nSPS) is 13.2. The van der Waals surface area contributed by atoms with Crippen LogP contribution in [0.3, 0.4) is 0 Å². The van der Waals surface area contributed by atoms with Gasteiger partial charge in [0, 0.05) is 6.42 Å². The van der Waals surface area contributed by atoms with Crippen molar-refractivity contribution in [3.8, 4) is 5.75 Å². The van der Waals surface area contributed by atoms with Crippen LogP contribution in [0.4, 0.5) is 13.2 Å². The number of nitrogens with zero attached hydrogens (tertiary/aromatic N) is 1. The number of nitrogens with one attached hydrogen (secondary N) is 1. The number of aliphatic hydroxyl groups is 1. The highest BCUT2D eigenvalue weighted by atomic mass is 32.1. The third-order valence-corrected chi connectivity index (χ3v) is 6.90. The zero-order valence-electron chi connectivity index (χ0n) is 20.8. The van der Waals surface area contributed by atoms with Gasteiger partial charge in [0.1, 0.15) is 25.1 Å². The van der Waals surface area contributed by atoms with E-state index in [1.165, 1.54) is 11.3 Å². The molecular formula is C28H27F3N2O5S. The number of amides is 1. The Morgan fingerprint density at radius 1 is 1.00 bits per heavy atom. The molecule has 0 aliphatic heterocycles. The maximum absolute atomic E-state index is 12.9. The Kier molecular flexibility index (Phi) is 9.39. The second-order valence-corrected chi connectivity index (χ2v) is 9.75. The van der Waals surface area contributed by atoms with Gasteiger partial charge in [-0.15, -0.1) is 0 Å². The van der Waals surface area contributed by atoms with Crippen LogP contribution >= 0.6 is 11.3 Å². The van der Waals surface area contributed by atoms with E-state index < -0.39 is 37.4 Å². The molecule has 4 aromatic rings. The second-order valence-electron chi connectivity index (χ2n) is 8.75. The first-order chi connectivity index (χ1) is 18.7. The summed E-state index contributed by atoms with van der Waals surface area (Å²) < 4.78 is 51.8. The molecule has 0 radical (unpaired) electrons. The number of benzene rings is 3. The third-order valence-electron chi connectivity index (χ3n) is 5.94. The van der Waals surface area contributed by atoms with E-state index in [4.69, 9.17) is 9.47 Å². The SMILES string of the molecule is O=C(N[C@H](CO)c1ccccc1)[C@H](Cc1ccc(OCCn2c(=O)sc3ccccc32)cc1)OCC(F)(F)F. The molecule has 11 heteroatoms. The number of alkyl halides is 3. The lowest BCUT2D eigenvalue weighted by Crippen LogP contribution is -2.42. The van der Waals surface area contributed by atoms with Gasteiger partial charge in [0.2, 0.25) is 5.91 Å². The van der Waals surface area contributed by atoms with E-state index in [0.29, 0.717) is 23.4 Å². The number of hydrogen-bond donors (Lipinski definition) is 2. The summed E-state index contributed by atoms with van der Waals surface area (Å²) >= 11 is 1.17. The van der Waals surface area contributed by atoms with Crippen molar-refractivity contribution >= 4 is 27.5 Å². The van der Waals surface area contributed by atoms with Gasteiger partial charge >= 0.3 is 11.0 Å². The Hall–Kier alpha value is -3.67. The van der Waals surface area contributed by atoms with Gasteiger partial charge < -0.3 is 19.9 Å². The van der Waals surface area contributed by atoms with Gasteiger partial charge in [-0.05, 0) is 35.4 Å². The fourth-order valence-electron chi connectivity index (χ4n) is 4.02. The van der Waals surface area contributed by atoms with Crippen molar-refractivity contribution in [1.82, 2.24) is 9.88 Å². The maximum atomic E-state index is 12.9.